The SMILES string of the molecule is Cc1ccc(OC=O)cc1N1C(=O)c2ccc3c4c(ccc(c24)C1=O)C(=O)N(c1cc(C(=O)O)ccc1C)C3=O. The number of hydrogen-bond acceptors (Lipinski definition) is 7. The first-order valence-corrected chi connectivity index (χ1v) is 12.1. The lowest BCUT2D eigenvalue weighted by atomic mass is 9.85. The predicted octanol–water partition coefficient (Wildman–Crippen LogP) is 4.29. The molecule has 10 nitrogen and oxygen atoms in total. The molecule has 196 valence electrons. The maximum absolute atomic E-state index is 13.7. The van der Waals surface area contributed by atoms with E-state index >= 15 is 0 Å². The molecule has 0 aliphatic carbocycles. The number of carboxylic acid groups (broad SMARTS) is 1. The molecule has 0 bridgehead atoms. The molecule has 2 aliphatic rings. The molecular weight excluding hydrogens is 516 g/mol. The van der Waals surface area contributed by atoms with E-state index in [2.05, 4.69) is 0 Å². The highest BCUT2D eigenvalue weighted by Crippen LogP contribution is 2.41. The second-order valence-corrected chi connectivity index (χ2v) is 9.43. The third kappa shape index (κ3) is 3.36. The number of amides is 4. The first kappa shape index (κ1) is 24.7. The van der Waals surface area contributed by atoms with Crippen LogP contribution in [0, 0.1) is 13.8 Å². The quantitative estimate of drug-likeness (QED) is 0.296. The molecule has 4 aromatic rings. The molecule has 4 amide bonds. The van der Waals surface area contributed by atoms with Gasteiger partial charge in [-0.25, -0.2) is 14.6 Å². The average molecular weight is 534 g/mol. The zero-order valence-corrected chi connectivity index (χ0v) is 21.1. The monoisotopic (exact) mass is 534 g/mol. The van der Waals surface area contributed by atoms with E-state index in [1.165, 1.54) is 54.6 Å². The Balaban J connectivity index is 1.53. The van der Waals surface area contributed by atoms with Crippen molar-refractivity contribution in [3.8, 4) is 5.75 Å². The van der Waals surface area contributed by atoms with Crippen LogP contribution in [0.4, 0.5) is 11.4 Å². The third-order valence-electron chi connectivity index (χ3n) is 7.20. The highest BCUT2D eigenvalue weighted by Gasteiger charge is 2.41. The Labute approximate surface area is 226 Å². The number of aryl methyl sites for hydroxylation is 2. The van der Waals surface area contributed by atoms with Crippen molar-refractivity contribution in [3.05, 3.63) is 99.6 Å². The third-order valence-corrected chi connectivity index (χ3v) is 7.20. The fourth-order valence-corrected chi connectivity index (χ4v) is 5.25. The van der Waals surface area contributed by atoms with Gasteiger partial charge in [0, 0.05) is 39.1 Å². The molecule has 0 aromatic heterocycles. The minimum atomic E-state index is -1.21. The van der Waals surface area contributed by atoms with Gasteiger partial charge in [-0.1, -0.05) is 12.1 Å². The lowest BCUT2D eigenvalue weighted by Gasteiger charge is -2.32. The number of carbonyl (C=O) groups is 6. The van der Waals surface area contributed by atoms with E-state index in [-0.39, 0.29) is 62.2 Å². The molecule has 0 atom stereocenters. The summed E-state index contributed by atoms with van der Waals surface area (Å²) < 4.78 is 4.90. The van der Waals surface area contributed by atoms with Gasteiger partial charge in [-0.2, -0.15) is 0 Å². The summed E-state index contributed by atoms with van der Waals surface area (Å²) in [5.74, 6) is -3.81. The molecule has 6 rings (SSSR count). The molecule has 10 heteroatoms. The lowest BCUT2D eigenvalue weighted by molar-refractivity contribution is -0.120. The van der Waals surface area contributed by atoms with Crippen LogP contribution in [0.25, 0.3) is 10.8 Å². The van der Waals surface area contributed by atoms with E-state index in [0.717, 1.165) is 9.80 Å². The normalized spacial score (nSPS) is 14.2. The molecule has 2 heterocycles. The fraction of sp³-hybridized carbons (Fsp3) is 0.0667. The molecule has 0 fully saturated rings. The number of aromatic carboxylic acids is 1. The largest absolute Gasteiger partial charge is 0.478 e. The van der Waals surface area contributed by atoms with E-state index in [0.29, 0.717) is 11.1 Å². The zero-order valence-electron chi connectivity index (χ0n) is 21.1. The number of carboxylic acids is 1. The summed E-state index contributed by atoms with van der Waals surface area (Å²) in [6.45, 7) is 3.59. The molecule has 0 unspecified atom stereocenters. The lowest BCUT2D eigenvalue weighted by Crippen LogP contribution is -2.44. The van der Waals surface area contributed by atoms with Crippen LogP contribution < -0.4 is 14.5 Å². The minimum Gasteiger partial charge on any atom is -0.478 e. The molecule has 0 saturated carbocycles. The van der Waals surface area contributed by atoms with Crippen molar-refractivity contribution < 1.29 is 38.6 Å². The first-order chi connectivity index (χ1) is 19.1. The van der Waals surface area contributed by atoms with Crippen molar-refractivity contribution >= 4 is 58.2 Å². The van der Waals surface area contributed by atoms with Crippen LogP contribution in [0.3, 0.4) is 0 Å². The molecule has 0 saturated heterocycles. The number of anilines is 2. The Morgan fingerprint density at radius 2 is 1.10 bits per heavy atom. The second kappa shape index (κ2) is 8.70. The smallest absolute Gasteiger partial charge is 0.335 e. The van der Waals surface area contributed by atoms with Gasteiger partial charge in [0.25, 0.3) is 30.1 Å². The van der Waals surface area contributed by atoms with Crippen molar-refractivity contribution in [2.24, 2.45) is 0 Å². The van der Waals surface area contributed by atoms with Crippen molar-refractivity contribution in [2.45, 2.75) is 13.8 Å². The Kier molecular flexibility index (Phi) is 5.37. The fourth-order valence-electron chi connectivity index (χ4n) is 5.25. The number of imide groups is 2. The van der Waals surface area contributed by atoms with Gasteiger partial charge in [0.15, 0.2) is 0 Å². The van der Waals surface area contributed by atoms with Gasteiger partial charge < -0.3 is 9.84 Å². The van der Waals surface area contributed by atoms with Crippen molar-refractivity contribution in [3.63, 3.8) is 0 Å². The van der Waals surface area contributed by atoms with Gasteiger partial charge in [0.1, 0.15) is 5.75 Å². The van der Waals surface area contributed by atoms with Gasteiger partial charge in [-0.3, -0.25) is 24.0 Å². The standard InChI is InChI=1S/C30H18N2O8/c1-14-3-5-16(30(38)39)11-22(14)31-26(34)18-7-9-20-25-21(10-8-19(24(18)25)27(31)35)29(37)32(28(20)36)23-12-17(40-13-33)6-4-15(23)2/h3-13H,1-2H3,(H,38,39). The Morgan fingerprint density at radius 1 is 0.675 bits per heavy atom. The summed E-state index contributed by atoms with van der Waals surface area (Å²) in [5, 5.41) is 9.82. The molecule has 4 aromatic carbocycles. The molecular formula is C30H18N2O8. The van der Waals surface area contributed by atoms with Crippen LogP contribution >= 0.6 is 0 Å². The van der Waals surface area contributed by atoms with E-state index in [1.54, 1.807) is 19.9 Å². The molecule has 40 heavy (non-hydrogen) atoms. The average Bonchev–Trinajstić information content (AvgIpc) is 2.93. The van der Waals surface area contributed by atoms with Crippen LogP contribution in [-0.2, 0) is 4.79 Å². The summed E-state index contributed by atoms with van der Waals surface area (Å²) in [7, 11) is 0. The molecule has 1 N–H and O–H groups in total. The summed E-state index contributed by atoms with van der Waals surface area (Å²) in [6, 6.07) is 14.4. The number of hydrogen-bond donors (Lipinski definition) is 1. The van der Waals surface area contributed by atoms with E-state index in [1.807, 2.05) is 0 Å². The number of ether oxygens (including phenoxy) is 1. The summed E-state index contributed by atoms with van der Waals surface area (Å²) in [4.78, 5) is 79.1. The van der Waals surface area contributed by atoms with Crippen LogP contribution in [-0.4, -0.2) is 41.2 Å². The van der Waals surface area contributed by atoms with Crippen molar-refractivity contribution in [2.75, 3.05) is 9.80 Å². The van der Waals surface area contributed by atoms with Crippen LogP contribution in [0.5, 0.6) is 5.75 Å². The van der Waals surface area contributed by atoms with E-state index in [4.69, 9.17) is 4.74 Å². The van der Waals surface area contributed by atoms with Crippen molar-refractivity contribution in [1.29, 1.82) is 0 Å². The van der Waals surface area contributed by atoms with Gasteiger partial charge in [-0.05, 0) is 67.4 Å². The van der Waals surface area contributed by atoms with Crippen LogP contribution in [0.15, 0.2) is 60.7 Å². The number of rotatable bonds is 5. The second-order valence-electron chi connectivity index (χ2n) is 9.43. The molecule has 0 spiro atoms. The topological polar surface area (TPSA) is 138 Å². The van der Waals surface area contributed by atoms with Gasteiger partial charge in [-0.15, -0.1) is 0 Å². The molecule has 2 aliphatic heterocycles. The summed E-state index contributed by atoms with van der Waals surface area (Å²) in [6.07, 6.45) is 0. The number of benzene rings is 4. The van der Waals surface area contributed by atoms with Crippen LogP contribution in [0.1, 0.15) is 62.9 Å². The maximum atomic E-state index is 13.7. The van der Waals surface area contributed by atoms with E-state index in [9.17, 15) is 33.9 Å². The Morgan fingerprint density at radius 3 is 1.52 bits per heavy atom. The zero-order chi connectivity index (χ0) is 28.5. The van der Waals surface area contributed by atoms with Crippen molar-refractivity contribution in [1.82, 2.24) is 0 Å². The number of nitrogens with zero attached hydrogens (tertiary/aromatic N) is 2. The predicted molar refractivity (Wildman–Crippen MR) is 142 cm³/mol. The Hall–Kier alpha value is -5.64. The Bertz CT molecular complexity index is 1820. The maximum Gasteiger partial charge on any atom is 0.335 e. The summed E-state index contributed by atoms with van der Waals surface area (Å²) in [5.41, 5.74) is 1.78. The number of carbonyl (C=O) groups excluding carboxylic acids is 5. The van der Waals surface area contributed by atoms with E-state index < -0.39 is 29.6 Å². The van der Waals surface area contributed by atoms with Gasteiger partial charge in [0.2, 0.25) is 0 Å². The first-order valence-electron chi connectivity index (χ1n) is 12.1. The van der Waals surface area contributed by atoms with Crippen LogP contribution in [0.2, 0.25) is 0 Å². The van der Waals surface area contributed by atoms with Gasteiger partial charge in [0.05, 0.1) is 16.9 Å². The minimum absolute atomic E-state index is 0.0913. The molecule has 0 radical (unpaired) electrons. The highest BCUT2D eigenvalue weighted by atomic mass is 16.5. The van der Waals surface area contributed by atoms with Gasteiger partial charge >= 0.3 is 5.97 Å². The highest BCUT2D eigenvalue weighted by molar-refractivity contribution is 6.42. The summed E-state index contributed by atoms with van der Waals surface area (Å²) >= 11 is 0.